The molecule has 0 fully saturated rings. The van der Waals surface area contributed by atoms with Crippen LogP contribution < -0.4 is 4.72 Å². The third kappa shape index (κ3) is 4.54. The average molecular weight is 467 g/mol. The summed E-state index contributed by atoms with van der Waals surface area (Å²) in [7, 11) is -3.97. The lowest BCUT2D eigenvalue weighted by Gasteiger charge is -2.14. The van der Waals surface area contributed by atoms with Gasteiger partial charge in [-0.25, -0.2) is 23.2 Å². The molecule has 0 aliphatic heterocycles. The van der Waals surface area contributed by atoms with Crippen molar-refractivity contribution in [2.45, 2.75) is 44.6 Å². The number of nitrogens with one attached hydrogen (secondary N) is 1. The molecule has 172 valence electrons. The maximum Gasteiger partial charge on any atom is 0.344 e. The highest BCUT2D eigenvalue weighted by Gasteiger charge is 2.29. The number of aryl methyl sites for hydroxylation is 1. The maximum atomic E-state index is 13.2. The van der Waals surface area contributed by atoms with Gasteiger partial charge in [0.2, 0.25) is 0 Å². The molecule has 1 N–H and O–H groups in total. The van der Waals surface area contributed by atoms with Crippen molar-refractivity contribution >= 4 is 44.0 Å². The van der Waals surface area contributed by atoms with Gasteiger partial charge in [0.15, 0.2) is 5.65 Å². The van der Waals surface area contributed by atoms with Crippen LogP contribution in [0.4, 0.5) is 5.82 Å². The molecule has 0 radical (unpaired) electrons. The van der Waals surface area contributed by atoms with Gasteiger partial charge < -0.3 is 9.30 Å². The first-order valence-electron chi connectivity index (χ1n) is 11.0. The van der Waals surface area contributed by atoms with Gasteiger partial charge >= 0.3 is 5.97 Å². The first-order valence-corrected chi connectivity index (χ1v) is 12.5. The van der Waals surface area contributed by atoms with Crippen molar-refractivity contribution in [3.8, 4) is 0 Å². The number of sulfonamides is 1. The number of para-hydroxylation sites is 2. The summed E-state index contributed by atoms with van der Waals surface area (Å²) in [5, 5.41) is 0. The fourth-order valence-electron chi connectivity index (χ4n) is 3.73. The summed E-state index contributed by atoms with van der Waals surface area (Å²) in [5.41, 5.74) is 2.10. The Kier molecular flexibility index (Phi) is 6.60. The largest absolute Gasteiger partial charge is 0.462 e. The Morgan fingerprint density at radius 2 is 1.64 bits per heavy atom. The van der Waals surface area contributed by atoms with Crippen LogP contribution in [0.5, 0.6) is 0 Å². The van der Waals surface area contributed by atoms with Gasteiger partial charge in [0, 0.05) is 6.54 Å². The summed E-state index contributed by atoms with van der Waals surface area (Å²) in [6.45, 7) is 4.41. The molecule has 33 heavy (non-hydrogen) atoms. The van der Waals surface area contributed by atoms with Crippen LogP contribution in [0.1, 0.15) is 43.5 Å². The molecule has 0 spiro atoms. The van der Waals surface area contributed by atoms with Crippen LogP contribution in [0.25, 0.3) is 22.2 Å². The molecule has 0 bridgehead atoms. The minimum Gasteiger partial charge on any atom is -0.462 e. The summed E-state index contributed by atoms with van der Waals surface area (Å²) in [6.07, 6.45) is 2.72. The van der Waals surface area contributed by atoms with Gasteiger partial charge in [0.1, 0.15) is 16.9 Å². The molecule has 4 aromatic rings. The lowest BCUT2D eigenvalue weighted by molar-refractivity contribution is 0.0529. The van der Waals surface area contributed by atoms with Crippen molar-refractivity contribution in [3.05, 3.63) is 60.2 Å². The van der Waals surface area contributed by atoms with Gasteiger partial charge in [0.05, 0.1) is 22.5 Å². The van der Waals surface area contributed by atoms with E-state index in [1.54, 1.807) is 35.8 Å². The lowest BCUT2D eigenvalue weighted by Crippen LogP contribution is -2.19. The molecular weight excluding hydrogens is 440 g/mol. The molecule has 0 amide bonds. The first-order chi connectivity index (χ1) is 16.0. The Hall–Kier alpha value is -3.46. The van der Waals surface area contributed by atoms with E-state index >= 15 is 0 Å². The Balaban J connectivity index is 1.98. The molecule has 0 aliphatic carbocycles. The van der Waals surface area contributed by atoms with E-state index in [0.29, 0.717) is 28.7 Å². The van der Waals surface area contributed by atoms with Gasteiger partial charge in [-0.15, -0.1) is 0 Å². The van der Waals surface area contributed by atoms with Crippen LogP contribution >= 0.6 is 0 Å². The van der Waals surface area contributed by atoms with Crippen LogP contribution in [0, 0.1) is 0 Å². The van der Waals surface area contributed by atoms with Crippen molar-refractivity contribution in [1.82, 2.24) is 14.5 Å². The second kappa shape index (κ2) is 9.58. The number of esters is 1. The molecule has 0 unspecified atom stereocenters. The molecule has 2 aromatic heterocycles. The highest BCUT2D eigenvalue weighted by atomic mass is 32.2. The van der Waals surface area contributed by atoms with Crippen LogP contribution in [0.3, 0.4) is 0 Å². The van der Waals surface area contributed by atoms with Crippen molar-refractivity contribution in [2.75, 3.05) is 11.3 Å². The number of fused-ring (bicyclic) bond motifs is 2. The summed E-state index contributed by atoms with van der Waals surface area (Å²) in [4.78, 5) is 22.6. The molecule has 0 atom stereocenters. The van der Waals surface area contributed by atoms with Gasteiger partial charge in [-0.3, -0.25) is 4.72 Å². The maximum absolute atomic E-state index is 13.2. The number of aromatic nitrogens is 3. The smallest absolute Gasteiger partial charge is 0.344 e. The van der Waals surface area contributed by atoms with Crippen LogP contribution in [-0.2, 0) is 21.3 Å². The topological polar surface area (TPSA) is 103 Å². The number of carbonyl (C=O) groups is 1. The van der Waals surface area contributed by atoms with E-state index in [9.17, 15) is 13.2 Å². The highest BCUT2D eigenvalue weighted by Crippen LogP contribution is 2.32. The highest BCUT2D eigenvalue weighted by molar-refractivity contribution is 7.92. The molecule has 2 aromatic carbocycles. The number of anilines is 1. The Bertz CT molecular complexity index is 1400. The Morgan fingerprint density at radius 3 is 2.30 bits per heavy atom. The third-order valence-electron chi connectivity index (χ3n) is 5.30. The second-order valence-electron chi connectivity index (χ2n) is 7.61. The quantitative estimate of drug-likeness (QED) is 0.282. The molecule has 2 heterocycles. The summed E-state index contributed by atoms with van der Waals surface area (Å²) < 4.78 is 36.1. The fourth-order valence-corrected chi connectivity index (χ4v) is 4.83. The van der Waals surface area contributed by atoms with E-state index in [1.165, 1.54) is 12.1 Å². The number of nitrogens with zero attached hydrogens (tertiary/aromatic N) is 3. The van der Waals surface area contributed by atoms with Crippen LogP contribution in [0.15, 0.2) is 59.5 Å². The zero-order chi connectivity index (χ0) is 23.4. The van der Waals surface area contributed by atoms with Crippen molar-refractivity contribution in [2.24, 2.45) is 0 Å². The van der Waals surface area contributed by atoms with Gasteiger partial charge in [0.25, 0.3) is 10.0 Å². The van der Waals surface area contributed by atoms with Gasteiger partial charge in [-0.2, -0.15) is 0 Å². The number of hydrogen-bond donors (Lipinski definition) is 1. The number of rotatable bonds is 9. The number of ether oxygens (including phenoxy) is 1. The molecule has 9 heteroatoms. The van der Waals surface area contributed by atoms with E-state index in [1.807, 2.05) is 18.2 Å². The normalized spacial score (nSPS) is 11.7. The minimum atomic E-state index is -3.97. The zero-order valence-corrected chi connectivity index (χ0v) is 19.4. The molecule has 0 saturated heterocycles. The van der Waals surface area contributed by atoms with Crippen molar-refractivity contribution < 1.29 is 17.9 Å². The molecule has 0 saturated carbocycles. The van der Waals surface area contributed by atoms with Gasteiger partial charge in [-0.05, 0) is 37.6 Å². The monoisotopic (exact) mass is 466 g/mol. The predicted octanol–water partition coefficient (Wildman–Crippen LogP) is 4.75. The van der Waals surface area contributed by atoms with Crippen LogP contribution in [-0.4, -0.2) is 35.5 Å². The van der Waals surface area contributed by atoms with E-state index in [2.05, 4.69) is 16.6 Å². The predicted molar refractivity (Wildman–Crippen MR) is 128 cm³/mol. The number of benzene rings is 2. The molecule has 8 nitrogen and oxygen atoms in total. The number of carbonyl (C=O) groups excluding carboxylic acids is 1. The standard InChI is InChI=1S/C24H26N4O4S/c1-3-5-11-16-28-22(27-33(30,31)17-12-7-6-8-13-17)20(24(29)32-4-2)21-23(28)26-19-15-10-9-14-18(19)25-21/h6-10,12-15,27H,3-5,11,16H2,1-2H3. The summed E-state index contributed by atoms with van der Waals surface area (Å²) in [5.74, 6) is -0.522. The Morgan fingerprint density at radius 1 is 0.970 bits per heavy atom. The van der Waals surface area contributed by atoms with Crippen molar-refractivity contribution in [1.29, 1.82) is 0 Å². The number of hydrogen-bond acceptors (Lipinski definition) is 6. The average Bonchev–Trinajstić information content (AvgIpc) is 3.10. The summed E-state index contributed by atoms with van der Waals surface area (Å²) in [6, 6.07) is 15.4. The van der Waals surface area contributed by atoms with E-state index < -0.39 is 16.0 Å². The third-order valence-corrected chi connectivity index (χ3v) is 6.66. The fraction of sp³-hybridized carbons (Fsp3) is 0.292. The lowest BCUT2D eigenvalue weighted by atomic mass is 10.2. The zero-order valence-electron chi connectivity index (χ0n) is 18.6. The van der Waals surface area contributed by atoms with Crippen molar-refractivity contribution in [3.63, 3.8) is 0 Å². The van der Waals surface area contributed by atoms with E-state index in [-0.39, 0.29) is 22.9 Å². The number of unbranched alkanes of at least 4 members (excludes halogenated alkanes) is 2. The molecule has 4 rings (SSSR count). The van der Waals surface area contributed by atoms with Crippen LogP contribution in [0.2, 0.25) is 0 Å². The molecular formula is C24H26N4O4S. The minimum absolute atomic E-state index is 0.0705. The first kappa shape index (κ1) is 22.7. The van der Waals surface area contributed by atoms with E-state index in [4.69, 9.17) is 9.72 Å². The molecule has 0 aliphatic rings. The second-order valence-corrected chi connectivity index (χ2v) is 9.29. The van der Waals surface area contributed by atoms with E-state index in [0.717, 1.165) is 19.3 Å². The Labute approximate surface area is 192 Å². The van der Waals surface area contributed by atoms with Gasteiger partial charge in [-0.1, -0.05) is 50.1 Å². The summed E-state index contributed by atoms with van der Waals surface area (Å²) >= 11 is 0. The SMILES string of the molecule is CCCCCn1c(NS(=O)(=O)c2ccccc2)c(C(=O)OCC)c2nc3ccccc3nc21.